The second kappa shape index (κ2) is 13.8. The van der Waals surface area contributed by atoms with Gasteiger partial charge in [0.15, 0.2) is 5.75 Å². The fourth-order valence-corrected chi connectivity index (χ4v) is 9.62. The zero-order valence-electron chi connectivity index (χ0n) is 31.9. The number of methoxy groups -OCH3 is 1. The number of allylic oxidation sites excluding steroid dienone is 1. The lowest BCUT2D eigenvalue weighted by molar-refractivity contribution is -0.159. The van der Waals surface area contributed by atoms with Crippen LogP contribution in [0.1, 0.15) is 104 Å². The summed E-state index contributed by atoms with van der Waals surface area (Å²) in [5.74, 6) is -2.62. The average Bonchev–Trinajstić information content (AvgIpc) is 4.00. The van der Waals surface area contributed by atoms with E-state index < -0.39 is 67.2 Å². The normalized spacial score (nSPS) is 30.0. The first-order valence-electron chi connectivity index (χ1n) is 19.2. The van der Waals surface area contributed by atoms with Crippen LogP contribution in [0.4, 0.5) is 0 Å². The fourth-order valence-electron chi connectivity index (χ4n) is 8.31. The van der Waals surface area contributed by atoms with E-state index in [0.29, 0.717) is 56.6 Å². The van der Waals surface area contributed by atoms with Gasteiger partial charge >= 0.3 is 5.97 Å². The van der Waals surface area contributed by atoms with Crippen molar-refractivity contribution in [3.63, 3.8) is 0 Å². The molecule has 3 fully saturated rings. The van der Waals surface area contributed by atoms with E-state index in [0.717, 1.165) is 29.3 Å². The first kappa shape index (κ1) is 38.1. The van der Waals surface area contributed by atoms with Gasteiger partial charge in [0.1, 0.15) is 22.8 Å². The number of para-hydroxylation sites is 1. The molecule has 292 valence electrons. The molecule has 1 saturated heterocycles. The lowest BCUT2D eigenvalue weighted by Gasteiger charge is -2.36. The molecule has 1 aromatic carbocycles. The molecule has 1 aromatic heterocycles. The number of carbonyl (C=O) groups is 4. The number of hydrogen-bond acceptors (Lipinski definition) is 10. The number of amides is 3. The van der Waals surface area contributed by atoms with Crippen molar-refractivity contribution < 1.29 is 41.8 Å². The summed E-state index contributed by atoms with van der Waals surface area (Å²) in [7, 11) is -2.46. The topological polar surface area (TPSA) is 170 Å². The molecule has 0 bridgehead atoms. The molecule has 5 atom stereocenters. The molecule has 3 aliphatic heterocycles. The van der Waals surface area contributed by atoms with E-state index in [-0.39, 0.29) is 31.7 Å². The van der Waals surface area contributed by atoms with Crippen molar-refractivity contribution in [2.24, 2.45) is 11.8 Å². The zero-order chi connectivity index (χ0) is 38.7. The molecular formula is C40H52N4O9S. The van der Waals surface area contributed by atoms with Crippen LogP contribution < -0.4 is 19.5 Å². The molecule has 2 N–H and O–H groups in total. The summed E-state index contributed by atoms with van der Waals surface area (Å²) in [6.45, 7) is 6.99. The Kier molecular flexibility index (Phi) is 9.75. The minimum atomic E-state index is -3.98. The quantitative estimate of drug-likeness (QED) is 0.312. The Bertz CT molecular complexity index is 2000. The highest BCUT2D eigenvalue weighted by molar-refractivity contribution is 7.91. The van der Waals surface area contributed by atoms with Crippen LogP contribution in [0.3, 0.4) is 0 Å². The number of rotatable bonds is 6. The summed E-state index contributed by atoms with van der Waals surface area (Å²) in [6, 6.07) is 6.65. The first-order valence-corrected chi connectivity index (χ1v) is 20.7. The highest BCUT2D eigenvalue weighted by Crippen LogP contribution is 2.50. The molecule has 5 aliphatic rings. The van der Waals surface area contributed by atoms with Crippen LogP contribution in [0.2, 0.25) is 0 Å². The number of nitrogens with zero attached hydrogens (tertiary/aromatic N) is 2. The molecule has 7 rings (SSSR count). The number of carbonyl (C=O) groups excluding carboxylic acids is 4. The standard InChI is InChI=1S/C40H52N4O9S/c1-37(2,3)52-31(45)21-25-13-9-7-6-8-10-14-26-22-40(26,36(48)43-54(49,50)38(4)19-20-38)42-33(46)30-23-39(24-44(30)35(25)47)18-17-28-27-15-11-12-16-29(27)41-34(51-5)32(28)53-39/h10-12,14-16,25-26,30H,6-9,13,17-24H2,1-5H3,(H,42,46)(H,43,48)/b14-10-/t25-,26-,30+,39-,40-/m1/s1. The number of esters is 1. The number of ether oxygens (including phenoxy) is 3. The molecule has 13 nitrogen and oxygen atoms in total. The number of aryl methyl sites for hydroxylation is 1. The van der Waals surface area contributed by atoms with Crippen molar-refractivity contribution in [3.8, 4) is 11.6 Å². The van der Waals surface area contributed by atoms with Crippen LogP contribution in [0, 0.1) is 11.8 Å². The van der Waals surface area contributed by atoms with E-state index in [4.69, 9.17) is 19.2 Å². The lowest BCUT2D eigenvalue weighted by atomic mass is 9.87. The second-order valence-corrected chi connectivity index (χ2v) is 19.3. The maximum absolute atomic E-state index is 14.8. The summed E-state index contributed by atoms with van der Waals surface area (Å²) < 4.78 is 45.8. The van der Waals surface area contributed by atoms with Crippen LogP contribution in [0.5, 0.6) is 11.6 Å². The zero-order valence-corrected chi connectivity index (χ0v) is 32.7. The molecule has 4 heterocycles. The molecule has 0 unspecified atom stereocenters. The monoisotopic (exact) mass is 764 g/mol. The highest BCUT2D eigenvalue weighted by Gasteiger charge is 2.64. The fraction of sp³-hybridized carbons (Fsp3) is 0.625. The van der Waals surface area contributed by atoms with E-state index in [1.165, 1.54) is 12.0 Å². The van der Waals surface area contributed by atoms with Crippen molar-refractivity contribution in [1.82, 2.24) is 19.9 Å². The lowest BCUT2D eigenvalue weighted by Crippen LogP contribution is -2.57. The van der Waals surface area contributed by atoms with Crippen LogP contribution in [0.25, 0.3) is 10.9 Å². The van der Waals surface area contributed by atoms with Crippen molar-refractivity contribution >= 4 is 44.6 Å². The molecule has 2 aliphatic carbocycles. The minimum absolute atomic E-state index is 0.0550. The molecule has 2 saturated carbocycles. The Balaban J connectivity index is 1.24. The Morgan fingerprint density at radius 2 is 1.85 bits per heavy atom. The summed E-state index contributed by atoms with van der Waals surface area (Å²) >= 11 is 0. The summed E-state index contributed by atoms with van der Waals surface area (Å²) in [4.78, 5) is 62.7. The van der Waals surface area contributed by atoms with Gasteiger partial charge in [0.05, 0.1) is 30.3 Å². The van der Waals surface area contributed by atoms with Crippen molar-refractivity contribution in [2.75, 3.05) is 13.7 Å². The largest absolute Gasteiger partial charge is 0.479 e. The summed E-state index contributed by atoms with van der Waals surface area (Å²) in [5.41, 5.74) is -1.56. The number of pyridine rings is 1. The molecule has 1 spiro atoms. The Labute approximate surface area is 317 Å². The van der Waals surface area contributed by atoms with Gasteiger partial charge in [-0.2, -0.15) is 0 Å². The van der Waals surface area contributed by atoms with Gasteiger partial charge in [-0.1, -0.05) is 43.2 Å². The summed E-state index contributed by atoms with van der Waals surface area (Å²) in [6.07, 6.45) is 9.45. The summed E-state index contributed by atoms with van der Waals surface area (Å²) in [5, 5.41) is 3.88. The molecule has 2 aromatic rings. The number of nitrogens with one attached hydrogen (secondary N) is 2. The third kappa shape index (κ3) is 7.29. The predicted octanol–water partition coefficient (Wildman–Crippen LogP) is 4.65. The van der Waals surface area contributed by atoms with Gasteiger partial charge in [-0.05, 0) is 85.1 Å². The predicted molar refractivity (Wildman–Crippen MR) is 200 cm³/mol. The van der Waals surface area contributed by atoms with E-state index in [1.807, 2.05) is 36.4 Å². The van der Waals surface area contributed by atoms with Gasteiger partial charge in [-0.15, -0.1) is 0 Å². The number of hydrogen-bond donors (Lipinski definition) is 2. The van der Waals surface area contributed by atoms with Crippen molar-refractivity contribution in [1.29, 1.82) is 0 Å². The molecule has 14 heteroatoms. The number of fused-ring (bicyclic) bond motifs is 5. The van der Waals surface area contributed by atoms with Gasteiger partial charge in [-0.25, -0.2) is 13.4 Å². The van der Waals surface area contributed by atoms with Gasteiger partial charge < -0.3 is 24.4 Å². The van der Waals surface area contributed by atoms with Gasteiger partial charge in [0.2, 0.25) is 21.8 Å². The third-order valence-electron chi connectivity index (χ3n) is 11.8. The Hall–Kier alpha value is -4.20. The van der Waals surface area contributed by atoms with Gasteiger partial charge in [0, 0.05) is 29.2 Å². The SMILES string of the molecule is COc1nc2ccccc2c2c1O[C@]1(CC2)C[C@H]2C(=O)N[C@]3(C(=O)NS(=O)(=O)C4(C)CC4)C[C@H]3/C=C\CCCCC[C@H](CC(=O)OC(C)(C)C)C(=O)N2C1. The number of sulfonamides is 1. The van der Waals surface area contributed by atoms with E-state index >= 15 is 0 Å². The van der Waals surface area contributed by atoms with E-state index in [2.05, 4.69) is 10.0 Å². The van der Waals surface area contributed by atoms with Crippen LogP contribution in [-0.4, -0.2) is 83.2 Å². The smallest absolute Gasteiger partial charge is 0.307 e. The van der Waals surface area contributed by atoms with Crippen LogP contribution in [0.15, 0.2) is 36.4 Å². The van der Waals surface area contributed by atoms with Gasteiger partial charge in [-0.3, -0.25) is 23.9 Å². The van der Waals surface area contributed by atoms with E-state index in [9.17, 15) is 27.6 Å². The van der Waals surface area contributed by atoms with Crippen molar-refractivity contribution in [3.05, 3.63) is 42.0 Å². The maximum atomic E-state index is 14.8. The minimum Gasteiger partial charge on any atom is -0.479 e. The van der Waals surface area contributed by atoms with Crippen LogP contribution >= 0.6 is 0 Å². The van der Waals surface area contributed by atoms with E-state index in [1.54, 1.807) is 27.7 Å². The number of benzene rings is 1. The Morgan fingerprint density at radius 3 is 2.57 bits per heavy atom. The number of aromatic nitrogens is 1. The first-order chi connectivity index (χ1) is 25.5. The second-order valence-electron chi connectivity index (χ2n) is 17.1. The average molecular weight is 765 g/mol. The molecule has 0 radical (unpaired) electrons. The molecular weight excluding hydrogens is 713 g/mol. The van der Waals surface area contributed by atoms with Gasteiger partial charge in [0.25, 0.3) is 11.8 Å². The molecule has 3 amide bonds. The van der Waals surface area contributed by atoms with Crippen LogP contribution in [-0.2, 0) is 40.4 Å². The third-order valence-corrected chi connectivity index (χ3v) is 14.0. The van der Waals surface area contributed by atoms with Crippen molar-refractivity contribution in [2.45, 2.75) is 132 Å². The highest BCUT2D eigenvalue weighted by atomic mass is 32.2. The molecule has 54 heavy (non-hydrogen) atoms. The Morgan fingerprint density at radius 1 is 1.09 bits per heavy atom. The maximum Gasteiger partial charge on any atom is 0.307 e.